The monoisotopic (exact) mass is 113 g/mol. The summed E-state index contributed by atoms with van der Waals surface area (Å²) in [6.45, 7) is 3.91. The summed E-state index contributed by atoms with van der Waals surface area (Å²) in [5.41, 5.74) is 5.14. The molecule has 0 radical (unpaired) electrons. The number of hydrogen-bond acceptors (Lipinski definition) is 2. The Morgan fingerprint density at radius 2 is 2.38 bits per heavy atom. The lowest BCUT2D eigenvalue weighted by molar-refractivity contribution is -0.114. The Hall–Kier alpha value is -0.630. The van der Waals surface area contributed by atoms with Crippen LogP contribution < -0.4 is 5.73 Å². The van der Waals surface area contributed by atoms with Crippen molar-refractivity contribution in [2.24, 2.45) is 5.73 Å². The highest BCUT2D eigenvalue weighted by Crippen LogP contribution is 1.87. The van der Waals surface area contributed by atoms with Crippen LogP contribution in [0.4, 0.5) is 0 Å². The first-order valence-electron chi connectivity index (χ1n) is 2.66. The third kappa shape index (κ3) is 3.56. The fraction of sp³-hybridized carbons (Fsp3) is 0.500. The molecule has 0 aromatic carbocycles. The molecule has 0 unspecified atom stereocenters. The molecular weight excluding hydrogens is 102 g/mol. The maximum Gasteiger partial charge on any atom is 0.155 e. The zero-order valence-corrected chi connectivity index (χ0v) is 4.89. The Balaban J connectivity index is 3.11. The second-order valence-electron chi connectivity index (χ2n) is 1.56. The first-order chi connectivity index (χ1) is 3.81. The van der Waals surface area contributed by atoms with Crippen LogP contribution in [0.25, 0.3) is 0 Å². The molecule has 2 N–H and O–H groups in total. The molecular formula is C6H11NO. The van der Waals surface area contributed by atoms with Gasteiger partial charge >= 0.3 is 0 Å². The lowest BCUT2D eigenvalue weighted by Crippen LogP contribution is -2.01. The number of rotatable bonds is 4. The van der Waals surface area contributed by atoms with Crippen molar-refractivity contribution in [3.8, 4) is 0 Å². The van der Waals surface area contributed by atoms with Crippen LogP contribution in [-0.2, 0) is 4.79 Å². The zero-order chi connectivity index (χ0) is 6.41. The standard InChI is InChI=1S/C6H11NO/c1-2-6(8)4-3-5-7/h2H,1,3-5,7H2. The van der Waals surface area contributed by atoms with Crippen LogP contribution in [-0.4, -0.2) is 12.3 Å². The lowest BCUT2D eigenvalue weighted by Gasteiger charge is -1.88. The minimum absolute atomic E-state index is 0.0791. The van der Waals surface area contributed by atoms with E-state index in [9.17, 15) is 4.79 Å². The normalized spacial score (nSPS) is 8.62. The molecule has 2 nitrogen and oxygen atoms in total. The number of ketones is 1. The van der Waals surface area contributed by atoms with Gasteiger partial charge in [0.05, 0.1) is 0 Å². The summed E-state index contributed by atoms with van der Waals surface area (Å²) in [6.07, 6.45) is 2.64. The van der Waals surface area contributed by atoms with Gasteiger partial charge in [0.15, 0.2) is 5.78 Å². The van der Waals surface area contributed by atoms with Gasteiger partial charge in [-0.1, -0.05) is 6.58 Å². The summed E-state index contributed by atoms with van der Waals surface area (Å²) >= 11 is 0. The molecule has 0 saturated heterocycles. The molecule has 0 heterocycles. The van der Waals surface area contributed by atoms with Crippen LogP contribution in [0, 0.1) is 0 Å². The van der Waals surface area contributed by atoms with Crippen molar-refractivity contribution in [2.75, 3.05) is 6.54 Å². The molecule has 8 heavy (non-hydrogen) atoms. The fourth-order valence-electron chi connectivity index (χ4n) is 0.378. The first kappa shape index (κ1) is 7.37. The van der Waals surface area contributed by atoms with Crippen LogP contribution >= 0.6 is 0 Å². The van der Waals surface area contributed by atoms with Crippen LogP contribution in [0.5, 0.6) is 0 Å². The molecule has 0 aromatic rings. The van der Waals surface area contributed by atoms with Gasteiger partial charge in [0.2, 0.25) is 0 Å². The van der Waals surface area contributed by atoms with Crippen molar-refractivity contribution >= 4 is 5.78 Å². The topological polar surface area (TPSA) is 43.1 Å². The number of hydrogen-bond donors (Lipinski definition) is 1. The molecule has 0 aliphatic rings. The highest BCUT2D eigenvalue weighted by Gasteiger charge is 1.90. The summed E-state index contributed by atoms with van der Waals surface area (Å²) in [6, 6.07) is 0. The third-order valence-electron chi connectivity index (χ3n) is 0.855. The minimum Gasteiger partial charge on any atom is -0.330 e. The van der Waals surface area contributed by atoms with E-state index in [1.54, 1.807) is 0 Å². The molecule has 0 aromatic heterocycles. The average molecular weight is 113 g/mol. The molecule has 0 amide bonds. The number of carbonyl (C=O) groups is 1. The molecule has 0 aliphatic carbocycles. The first-order valence-corrected chi connectivity index (χ1v) is 2.66. The van der Waals surface area contributed by atoms with Crippen molar-refractivity contribution in [1.82, 2.24) is 0 Å². The van der Waals surface area contributed by atoms with E-state index in [4.69, 9.17) is 5.73 Å². The van der Waals surface area contributed by atoms with Gasteiger partial charge in [-0.3, -0.25) is 4.79 Å². The van der Waals surface area contributed by atoms with E-state index in [1.165, 1.54) is 6.08 Å². The summed E-state index contributed by atoms with van der Waals surface area (Å²) in [7, 11) is 0. The average Bonchev–Trinajstić information content (AvgIpc) is 1.83. The van der Waals surface area contributed by atoms with E-state index in [-0.39, 0.29) is 5.78 Å². The Morgan fingerprint density at radius 1 is 1.75 bits per heavy atom. The second-order valence-corrected chi connectivity index (χ2v) is 1.56. The van der Waals surface area contributed by atoms with Gasteiger partial charge in [0.1, 0.15) is 0 Å². The summed E-state index contributed by atoms with van der Waals surface area (Å²) in [5.74, 6) is 0.0791. The Labute approximate surface area is 49.4 Å². The van der Waals surface area contributed by atoms with E-state index in [0.29, 0.717) is 13.0 Å². The summed E-state index contributed by atoms with van der Waals surface area (Å²) in [4.78, 5) is 10.4. The van der Waals surface area contributed by atoms with E-state index in [1.807, 2.05) is 0 Å². The summed E-state index contributed by atoms with van der Waals surface area (Å²) < 4.78 is 0. The van der Waals surface area contributed by atoms with Gasteiger partial charge in [-0.2, -0.15) is 0 Å². The van der Waals surface area contributed by atoms with Crippen LogP contribution in [0.1, 0.15) is 12.8 Å². The predicted molar refractivity (Wildman–Crippen MR) is 33.5 cm³/mol. The van der Waals surface area contributed by atoms with Gasteiger partial charge < -0.3 is 5.73 Å². The van der Waals surface area contributed by atoms with Crippen molar-refractivity contribution in [3.05, 3.63) is 12.7 Å². The van der Waals surface area contributed by atoms with Crippen molar-refractivity contribution in [3.63, 3.8) is 0 Å². The van der Waals surface area contributed by atoms with E-state index >= 15 is 0 Å². The van der Waals surface area contributed by atoms with Crippen molar-refractivity contribution in [1.29, 1.82) is 0 Å². The van der Waals surface area contributed by atoms with Crippen LogP contribution in [0.3, 0.4) is 0 Å². The molecule has 0 rings (SSSR count). The quantitative estimate of drug-likeness (QED) is 0.539. The highest BCUT2D eigenvalue weighted by atomic mass is 16.1. The van der Waals surface area contributed by atoms with Gasteiger partial charge in [0, 0.05) is 6.42 Å². The van der Waals surface area contributed by atoms with Crippen LogP contribution in [0.2, 0.25) is 0 Å². The fourth-order valence-corrected chi connectivity index (χ4v) is 0.378. The van der Waals surface area contributed by atoms with Gasteiger partial charge in [-0.15, -0.1) is 0 Å². The van der Waals surface area contributed by atoms with E-state index in [2.05, 4.69) is 6.58 Å². The Bertz CT molecular complexity index is 88.5. The maximum absolute atomic E-state index is 10.4. The third-order valence-corrected chi connectivity index (χ3v) is 0.855. The van der Waals surface area contributed by atoms with Gasteiger partial charge in [0.25, 0.3) is 0 Å². The molecule has 0 fully saturated rings. The number of carbonyl (C=O) groups excluding carboxylic acids is 1. The molecule has 46 valence electrons. The number of allylic oxidation sites excluding steroid dienone is 1. The molecule has 0 spiro atoms. The lowest BCUT2D eigenvalue weighted by atomic mass is 10.2. The van der Waals surface area contributed by atoms with Crippen molar-refractivity contribution in [2.45, 2.75) is 12.8 Å². The highest BCUT2D eigenvalue weighted by molar-refractivity contribution is 5.88. The van der Waals surface area contributed by atoms with E-state index in [0.717, 1.165) is 6.42 Å². The molecule has 0 bridgehead atoms. The summed E-state index contributed by atoms with van der Waals surface area (Å²) in [5, 5.41) is 0. The maximum atomic E-state index is 10.4. The Morgan fingerprint density at radius 3 is 2.75 bits per heavy atom. The minimum atomic E-state index is 0.0791. The van der Waals surface area contributed by atoms with Gasteiger partial charge in [-0.25, -0.2) is 0 Å². The molecule has 0 aliphatic heterocycles. The smallest absolute Gasteiger partial charge is 0.155 e. The van der Waals surface area contributed by atoms with Crippen molar-refractivity contribution < 1.29 is 4.79 Å². The zero-order valence-electron chi connectivity index (χ0n) is 4.89. The van der Waals surface area contributed by atoms with Gasteiger partial charge in [-0.05, 0) is 19.0 Å². The molecule has 2 heteroatoms. The predicted octanol–water partition coefficient (Wildman–Crippen LogP) is 0.480. The van der Waals surface area contributed by atoms with Crippen LogP contribution in [0.15, 0.2) is 12.7 Å². The SMILES string of the molecule is C=CC(=O)CCCN. The second kappa shape index (κ2) is 4.53. The molecule has 0 atom stereocenters. The largest absolute Gasteiger partial charge is 0.330 e. The molecule has 0 saturated carbocycles. The van der Waals surface area contributed by atoms with E-state index < -0.39 is 0 Å². The number of nitrogens with two attached hydrogens (primary N) is 1. The Kier molecular flexibility index (Phi) is 4.17.